The smallest absolute Gasteiger partial charge is 0.288 e. The molecule has 0 aliphatic carbocycles. The van der Waals surface area contributed by atoms with Gasteiger partial charge in [0, 0.05) is 24.2 Å². The van der Waals surface area contributed by atoms with Gasteiger partial charge < -0.3 is 9.64 Å². The van der Waals surface area contributed by atoms with Gasteiger partial charge in [-0.1, -0.05) is 0 Å². The van der Waals surface area contributed by atoms with Crippen LogP contribution >= 0.6 is 0 Å². The number of ether oxygens (including phenoxy) is 1. The van der Waals surface area contributed by atoms with Gasteiger partial charge in [-0.25, -0.2) is 0 Å². The highest BCUT2D eigenvalue weighted by atomic mass is 16.6. The minimum atomic E-state index is -0.600. The van der Waals surface area contributed by atoms with Crippen LogP contribution in [0, 0.1) is 17.0 Å². The summed E-state index contributed by atoms with van der Waals surface area (Å²) in [5.41, 5.74) is 0.139. The molecule has 0 spiro atoms. The number of nitro groups is 1. The molecule has 2 aromatic rings. The molecule has 0 saturated heterocycles. The van der Waals surface area contributed by atoms with Gasteiger partial charge in [0.25, 0.3) is 17.2 Å². The molecule has 0 radical (unpaired) electrons. The van der Waals surface area contributed by atoms with E-state index in [0.29, 0.717) is 18.0 Å². The Kier molecular flexibility index (Phi) is 4.76. The first-order valence-corrected chi connectivity index (χ1v) is 8.28. The second kappa shape index (κ2) is 7.02. The van der Waals surface area contributed by atoms with E-state index >= 15 is 0 Å². The van der Waals surface area contributed by atoms with Gasteiger partial charge in [0.1, 0.15) is 5.75 Å². The molecule has 0 fully saturated rings. The van der Waals surface area contributed by atoms with Gasteiger partial charge in [-0.3, -0.25) is 29.1 Å². The summed E-state index contributed by atoms with van der Waals surface area (Å²) < 4.78 is 6.44. The number of anilines is 1. The molecule has 1 aromatic heterocycles. The predicted octanol–water partition coefficient (Wildman–Crippen LogP) is 1.69. The number of carbonyl (C=O) groups excluding carboxylic acids is 2. The molecule has 1 aliphatic rings. The maximum absolute atomic E-state index is 12.7. The molecule has 9 nitrogen and oxygen atoms in total. The third kappa shape index (κ3) is 3.31. The largest absolute Gasteiger partial charge is 0.482 e. The van der Waals surface area contributed by atoms with Crippen LogP contribution in [0.5, 0.6) is 5.75 Å². The van der Waals surface area contributed by atoms with Gasteiger partial charge in [0.2, 0.25) is 0 Å². The van der Waals surface area contributed by atoms with E-state index in [1.54, 1.807) is 12.1 Å². The Morgan fingerprint density at radius 1 is 1.26 bits per heavy atom. The number of carbonyl (C=O) groups is 2. The monoisotopic (exact) mass is 371 g/mol. The summed E-state index contributed by atoms with van der Waals surface area (Å²) in [5, 5.41) is 11.1. The average molecular weight is 371 g/mol. The lowest BCUT2D eigenvalue weighted by Crippen LogP contribution is -2.38. The van der Waals surface area contributed by atoms with E-state index in [-0.39, 0.29) is 36.0 Å². The lowest BCUT2D eigenvalue weighted by Gasteiger charge is -2.28. The van der Waals surface area contributed by atoms with Crippen molar-refractivity contribution in [3.05, 3.63) is 62.1 Å². The summed E-state index contributed by atoms with van der Waals surface area (Å²) in [5.74, 6) is -0.116. The van der Waals surface area contributed by atoms with Crippen molar-refractivity contribution in [3.8, 4) is 5.75 Å². The normalized spacial score (nSPS) is 13.1. The molecular weight excluding hydrogens is 354 g/mol. The third-order valence-corrected chi connectivity index (χ3v) is 4.46. The first kappa shape index (κ1) is 18.3. The van der Waals surface area contributed by atoms with Gasteiger partial charge in [-0.2, -0.15) is 0 Å². The fourth-order valence-corrected chi connectivity index (χ4v) is 3.01. The Hall–Kier alpha value is -3.49. The molecule has 27 heavy (non-hydrogen) atoms. The number of hydrogen-bond donors (Lipinski definition) is 0. The maximum atomic E-state index is 12.7. The summed E-state index contributed by atoms with van der Waals surface area (Å²) >= 11 is 0. The van der Waals surface area contributed by atoms with Crippen LogP contribution in [0.1, 0.15) is 23.0 Å². The van der Waals surface area contributed by atoms with Crippen molar-refractivity contribution in [2.24, 2.45) is 0 Å². The molecule has 0 atom stereocenters. The first-order valence-electron chi connectivity index (χ1n) is 8.28. The molecule has 0 unspecified atom stereocenters. The van der Waals surface area contributed by atoms with Gasteiger partial charge in [0.15, 0.2) is 12.4 Å². The summed E-state index contributed by atoms with van der Waals surface area (Å²) in [6.45, 7) is 3.26. The Bertz CT molecular complexity index is 1010. The third-order valence-electron chi connectivity index (χ3n) is 4.46. The Morgan fingerprint density at radius 2 is 2.00 bits per heavy atom. The lowest BCUT2D eigenvalue weighted by atomic mass is 10.1. The molecular formula is C18H17N3O6. The maximum Gasteiger partial charge on any atom is 0.288 e. The number of nitrogens with zero attached hydrogens (tertiary/aromatic N) is 3. The Morgan fingerprint density at radius 3 is 2.67 bits per heavy atom. The zero-order valence-corrected chi connectivity index (χ0v) is 14.8. The van der Waals surface area contributed by atoms with Gasteiger partial charge >= 0.3 is 0 Å². The SMILES string of the molecule is CCN1C(=O)COc2ccc(C(=O)Cn3c(C)c([N+](=O)[O-])ccc3=O)cc21. The molecule has 0 bridgehead atoms. The highest BCUT2D eigenvalue weighted by molar-refractivity contribution is 6.01. The van der Waals surface area contributed by atoms with Crippen LogP contribution in [0.15, 0.2) is 35.1 Å². The number of benzene rings is 1. The molecule has 140 valence electrons. The van der Waals surface area contributed by atoms with Crippen LogP contribution in [0.4, 0.5) is 11.4 Å². The van der Waals surface area contributed by atoms with E-state index in [1.165, 1.54) is 17.9 Å². The first-order chi connectivity index (χ1) is 12.8. The highest BCUT2D eigenvalue weighted by Gasteiger charge is 2.25. The Balaban J connectivity index is 1.96. The minimum Gasteiger partial charge on any atom is -0.482 e. The van der Waals surface area contributed by atoms with Crippen LogP contribution in [0.3, 0.4) is 0 Å². The van der Waals surface area contributed by atoms with Crippen LogP contribution in [0.2, 0.25) is 0 Å². The molecule has 1 aliphatic heterocycles. The van der Waals surface area contributed by atoms with E-state index in [0.717, 1.165) is 16.7 Å². The van der Waals surface area contributed by atoms with Gasteiger partial charge in [-0.05, 0) is 32.0 Å². The lowest BCUT2D eigenvalue weighted by molar-refractivity contribution is -0.386. The molecule has 1 aromatic carbocycles. The van der Waals surface area contributed by atoms with Crippen molar-refractivity contribution < 1.29 is 19.2 Å². The number of aromatic nitrogens is 1. The average Bonchev–Trinajstić information content (AvgIpc) is 2.64. The quantitative estimate of drug-likeness (QED) is 0.449. The zero-order valence-electron chi connectivity index (χ0n) is 14.8. The van der Waals surface area contributed by atoms with Crippen molar-refractivity contribution in [2.75, 3.05) is 18.1 Å². The number of Topliss-reactive ketones (excluding diaryl/α,β-unsaturated/α-hetero) is 1. The number of amides is 1. The van der Waals surface area contributed by atoms with E-state index in [4.69, 9.17) is 4.74 Å². The van der Waals surface area contributed by atoms with Gasteiger partial charge in [-0.15, -0.1) is 0 Å². The number of fused-ring (bicyclic) bond motifs is 1. The van der Waals surface area contributed by atoms with Crippen molar-refractivity contribution >= 4 is 23.1 Å². The standard InChI is InChI=1S/C18H17N3O6/c1-3-19-14-8-12(4-6-16(14)27-10-18(19)24)15(22)9-20-11(2)13(21(25)26)5-7-17(20)23/h4-8H,3,9-10H2,1-2H3. The molecule has 1 amide bonds. The molecule has 3 rings (SSSR count). The van der Waals surface area contributed by atoms with E-state index in [2.05, 4.69) is 0 Å². The topological polar surface area (TPSA) is 112 Å². The number of likely N-dealkylation sites (N-methyl/N-ethyl adjacent to an activating group) is 1. The van der Waals surface area contributed by atoms with Crippen LogP contribution in [-0.2, 0) is 11.3 Å². The minimum absolute atomic E-state index is 0.0591. The predicted molar refractivity (Wildman–Crippen MR) is 96.4 cm³/mol. The molecule has 2 heterocycles. The fraction of sp³-hybridized carbons (Fsp3) is 0.278. The summed E-state index contributed by atoms with van der Waals surface area (Å²) in [7, 11) is 0. The second-order valence-corrected chi connectivity index (χ2v) is 6.02. The van der Waals surface area contributed by atoms with Crippen LogP contribution in [-0.4, -0.2) is 34.3 Å². The van der Waals surface area contributed by atoms with E-state index in [9.17, 15) is 24.5 Å². The number of pyridine rings is 1. The van der Waals surface area contributed by atoms with Crippen molar-refractivity contribution in [2.45, 2.75) is 20.4 Å². The highest BCUT2D eigenvalue weighted by Crippen LogP contribution is 2.33. The number of ketones is 1. The molecule has 0 saturated carbocycles. The van der Waals surface area contributed by atoms with Gasteiger partial charge in [0.05, 0.1) is 22.8 Å². The summed E-state index contributed by atoms with van der Waals surface area (Å²) in [6, 6.07) is 6.87. The van der Waals surface area contributed by atoms with Crippen LogP contribution in [0.25, 0.3) is 0 Å². The number of hydrogen-bond acceptors (Lipinski definition) is 6. The zero-order chi connectivity index (χ0) is 19.7. The second-order valence-electron chi connectivity index (χ2n) is 6.02. The van der Waals surface area contributed by atoms with Crippen molar-refractivity contribution in [1.82, 2.24) is 4.57 Å². The van der Waals surface area contributed by atoms with Crippen LogP contribution < -0.4 is 15.2 Å². The van der Waals surface area contributed by atoms with Crippen molar-refractivity contribution in [3.63, 3.8) is 0 Å². The summed E-state index contributed by atoms with van der Waals surface area (Å²) in [6.07, 6.45) is 0. The van der Waals surface area contributed by atoms with E-state index in [1.807, 2.05) is 6.92 Å². The fourth-order valence-electron chi connectivity index (χ4n) is 3.01. The number of rotatable bonds is 5. The summed E-state index contributed by atoms with van der Waals surface area (Å²) in [4.78, 5) is 48.7. The van der Waals surface area contributed by atoms with Crippen molar-refractivity contribution in [1.29, 1.82) is 0 Å². The van der Waals surface area contributed by atoms with E-state index < -0.39 is 16.3 Å². The Labute approximate surface area is 153 Å². The molecule has 9 heteroatoms. The molecule has 0 N–H and O–H groups in total.